The molecule has 3 rings (SSSR count). The molecule has 160 valence electrons. The smallest absolute Gasteiger partial charge is 0.325 e. The molecule has 1 aromatic rings. The first-order valence-corrected chi connectivity index (χ1v) is 11.4. The molecular weight excluding hydrogens is 386 g/mol. The summed E-state index contributed by atoms with van der Waals surface area (Å²) in [5.41, 5.74) is -0.584. The number of urea groups is 1. The third-order valence-corrected chi connectivity index (χ3v) is 8.37. The molecule has 1 spiro atoms. The van der Waals surface area contributed by atoms with Gasteiger partial charge in [0.15, 0.2) is 0 Å². The predicted octanol–water partition coefficient (Wildman–Crippen LogP) is 4.18. The van der Waals surface area contributed by atoms with E-state index in [4.69, 9.17) is 0 Å². The van der Waals surface area contributed by atoms with Gasteiger partial charge in [0.25, 0.3) is 5.91 Å². The largest absolute Gasteiger partial charge is 0.337 e. The van der Waals surface area contributed by atoms with E-state index >= 15 is 0 Å². The average molecular weight is 420 g/mol. The summed E-state index contributed by atoms with van der Waals surface area (Å²) >= 11 is 1.59. The summed E-state index contributed by atoms with van der Waals surface area (Å²) in [7, 11) is 1.72. The molecule has 2 heterocycles. The van der Waals surface area contributed by atoms with Gasteiger partial charge in [-0.25, -0.2) is 4.79 Å². The van der Waals surface area contributed by atoms with Gasteiger partial charge in [0.1, 0.15) is 12.1 Å². The molecule has 0 radical (unpaired) electrons. The lowest BCUT2D eigenvalue weighted by atomic mass is 9.65. The van der Waals surface area contributed by atoms with E-state index in [0.29, 0.717) is 18.8 Å². The summed E-state index contributed by atoms with van der Waals surface area (Å²) in [6.45, 7) is 8.50. The Morgan fingerprint density at radius 2 is 2.03 bits per heavy atom. The second-order valence-electron chi connectivity index (χ2n) is 9.22. The fraction of sp³-hybridized carbons (Fsp3) is 0.682. The van der Waals surface area contributed by atoms with Crippen molar-refractivity contribution >= 4 is 29.2 Å². The van der Waals surface area contributed by atoms with Crippen LogP contribution in [0.2, 0.25) is 0 Å². The van der Waals surface area contributed by atoms with Crippen molar-refractivity contribution in [1.29, 1.82) is 0 Å². The molecule has 0 aromatic carbocycles. The third-order valence-electron chi connectivity index (χ3n) is 7.32. The SMILES string of the molecule is CCC(C)(C)C1CCC2(CC1)NC(=O)N(CC(=O)N(C)C(C)c1cccs1)C2=O. The van der Waals surface area contributed by atoms with E-state index in [1.165, 1.54) is 0 Å². The third kappa shape index (κ3) is 4.06. The van der Waals surface area contributed by atoms with Crippen LogP contribution in [0.1, 0.15) is 70.7 Å². The highest BCUT2D eigenvalue weighted by Gasteiger charge is 2.53. The highest BCUT2D eigenvalue weighted by Crippen LogP contribution is 2.45. The second-order valence-corrected chi connectivity index (χ2v) is 10.2. The maximum atomic E-state index is 13.1. The zero-order chi connectivity index (χ0) is 21.4. The van der Waals surface area contributed by atoms with Crippen molar-refractivity contribution in [3.63, 3.8) is 0 Å². The van der Waals surface area contributed by atoms with Crippen LogP contribution in [-0.2, 0) is 9.59 Å². The highest BCUT2D eigenvalue weighted by atomic mass is 32.1. The number of rotatable bonds is 6. The number of amides is 4. The number of nitrogens with one attached hydrogen (secondary N) is 1. The summed E-state index contributed by atoms with van der Waals surface area (Å²) in [5, 5.41) is 4.90. The molecule has 2 aliphatic rings. The van der Waals surface area contributed by atoms with Gasteiger partial charge in [-0.3, -0.25) is 14.5 Å². The standard InChI is InChI=1S/C22H33N3O3S/c1-6-21(3,4)16-9-11-22(12-10-16)19(27)25(20(28)23-22)14-18(26)24(5)15(2)17-8-7-13-29-17/h7-8,13,15-16H,6,9-12,14H2,1-5H3,(H,23,28). The van der Waals surface area contributed by atoms with E-state index in [1.807, 2.05) is 24.4 Å². The van der Waals surface area contributed by atoms with Gasteiger partial charge in [-0.1, -0.05) is 33.3 Å². The Kier molecular flexibility index (Phi) is 6.08. The second kappa shape index (κ2) is 8.09. The first kappa shape index (κ1) is 21.8. The Hall–Kier alpha value is -1.89. The quantitative estimate of drug-likeness (QED) is 0.703. The first-order valence-electron chi connectivity index (χ1n) is 10.5. The number of imide groups is 1. The zero-order valence-electron chi connectivity index (χ0n) is 18.2. The van der Waals surface area contributed by atoms with E-state index in [-0.39, 0.29) is 29.8 Å². The Balaban J connectivity index is 1.64. The van der Waals surface area contributed by atoms with Gasteiger partial charge in [-0.15, -0.1) is 11.3 Å². The molecule has 1 atom stereocenters. The molecule has 1 saturated carbocycles. The number of carbonyl (C=O) groups excluding carboxylic acids is 3. The Morgan fingerprint density at radius 1 is 1.38 bits per heavy atom. The summed E-state index contributed by atoms with van der Waals surface area (Å²) in [4.78, 5) is 42.3. The fourth-order valence-electron chi connectivity index (χ4n) is 4.52. The lowest BCUT2D eigenvalue weighted by Crippen LogP contribution is -2.51. The molecule has 0 bridgehead atoms. The van der Waals surface area contributed by atoms with E-state index in [9.17, 15) is 14.4 Å². The van der Waals surface area contributed by atoms with Crippen molar-refractivity contribution in [2.24, 2.45) is 11.3 Å². The van der Waals surface area contributed by atoms with Crippen LogP contribution in [0.3, 0.4) is 0 Å². The van der Waals surface area contributed by atoms with Crippen LogP contribution in [0.15, 0.2) is 17.5 Å². The molecule has 6 nitrogen and oxygen atoms in total. The van der Waals surface area contributed by atoms with Crippen molar-refractivity contribution in [3.05, 3.63) is 22.4 Å². The maximum absolute atomic E-state index is 13.1. The van der Waals surface area contributed by atoms with Gasteiger partial charge in [-0.2, -0.15) is 0 Å². The van der Waals surface area contributed by atoms with Crippen molar-refractivity contribution in [1.82, 2.24) is 15.1 Å². The van der Waals surface area contributed by atoms with Crippen LogP contribution >= 0.6 is 11.3 Å². The maximum Gasteiger partial charge on any atom is 0.325 e. The van der Waals surface area contributed by atoms with Crippen molar-refractivity contribution in [2.45, 2.75) is 71.4 Å². The number of nitrogens with zero attached hydrogens (tertiary/aromatic N) is 2. The van der Waals surface area contributed by atoms with Gasteiger partial charge in [0.05, 0.1) is 6.04 Å². The van der Waals surface area contributed by atoms with Crippen molar-refractivity contribution in [3.8, 4) is 0 Å². The minimum absolute atomic E-state index is 0.0936. The minimum atomic E-state index is -0.824. The van der Waals surface area contributed by atoms with Crippen LogP contribution < -0.4 is 5.32 Å². The summed E-state index contributed by atoms with van der Waals surface area (Å²) in [5.74, 6) is 0.0873. The predicted molar refractivity (Wildman–Crippen MR) is 115 cm³/mol. The minimum Gasteiger partial charge on any atom is -0.337 e. The topological polar surface area (TPSA) is 69.7 Å². The van der Waals surface area contributed by atoms with Crippen LogP contribution in [0.4, 0.5) is 4.79 Å². The average Bonchev–Trinajstić information content (AvgIpc) is 3.31. The molecule has 2 fully saturated rings. The number of thiophene rings is 1. The van der Waals surface area contributed by atoms with Crippen LogP contribution in [-0.4, -0.2) is 46.8 Å². The highest BCUT2D eigenvalue weighted by molar-refractivity contribution is 7.10. The van der Waals surface area contributed by atoms with Crippen LogP contribution in [0.25, 0.3) is 0 Å². The van der Waals surface area contributed by atoms with E-state index in [1.54, 1.807) is 23.3 Å². The lowest BCUT2D eigenvalue weighted by Gasteiger charge is -2.42. The molecule has 1 unspecified atom stereocenters. The molecule has 1 N–H and O–H groups in total. The zero-order valence-corrected chi connectivity index (χ0v) is 19.0. The van der Waals surface area contributed by atoms with Gasteiger partial charge in [0.2, 0.25) is 5.91 Å². The monoisotopic (exact) mass is 419 g/mol. The molecule has 4 amide bonds. The molecular formula is C22H33N3O3S. The Morgan fingerprint density at radius 3 is 2.59 bits per heavy atom. The van der Waals surface area contributed by atoms with E-state index in [2.05, 4.69) is 26.1 Å². The van der Waals surface area contributed by atoms with E-state index < -0.39 is 11.6 Å². The number of hydrogen-bond acceptors (Lipinski definition) is 4. The first-order chi connectivity index (χ1) is 13.6. The number of carbonyl (C=O) groups is 3. The van der Waals surface area contributed by atoms with Gasteiger partial charge >= 0.3 is 6.03 Å². The van der Waals surface area contributed by atoms with Crippen molar-refractivity contribution < 1.29 is 14.4 Å². The molecule has 1 aromatic heterocycles. The molecule has 29 heavy (non-hydrogen) atoms. The normalized spacial score (nSPS) is 26.0. The Labute approximate surface area is 177 Å². The van der Waals surface area contributed by atoms with E-state index in [0.717, 1.165) is 29.0 Å². The van der Waals surface area contributed by atoms with Gasteiger partial charge < -0.3 is 10.2 Å². The lowest BCUT2D eigenvalue weighted by molar-refractivity contribution is -0.140. The number of likely N-dealkylation sites (N-methyl/N-ethyl adjacent to an activating group) is 1. The Bertz CT molecular complexity index is 766. The van der Waals surface area contributed by atoms with Crippen molar-refractivity contribution in [2.75, 3.05) is 13.6 Å². The summed E-state index contributed by atoms with van der Waals surface area (Å²) in [6, 6.07) is 3.40. The summed E-state index contributed by atoms with van der Waals surface area (Å²) < 4.78 is 0. The van der Waals surface area contributed by atoms with Gasteiger partial charge in [-0.05, 0) is 55.4 Å². The van der Waals surface area contributed by atoms with Crippen LogP contribution in [0.5, 0.6) is 0 Å². The van der Waals surface area contributed by atoms with Gasteiger partial charge in [0, 0.05) is 11.9 Å². The fourth-order valence-corrected chi connectivity index (χ4v) is 5.35. The number of hydrogen-bond donors (Lipinski definition) is 1. The summed E-state index contributed by atoms with van der Waals surface area (Å²) in [6.07, 6.45) is 4.24. The molecule has 1 aliphatic carbocycles. The van der Waals surface area contributed by atoms with Crippen LogP contribution in [0, 0.1) is 11.3 Å². The molecule has 7 heteroatoms. The molecule has 1 saturated heterocycles. The molecule has 1 aliphatic heterocycles.